The number of sulfonamides is 1. The summed E-state index contributed by atoms with van der Waals surface area (Å²) in [7, 11) is 0.425. The van der Waals surface area contributed by atoms with Gasteiger partial charge < -0.3 is 19.3 Å². The molecule has 2 aromatic rings. The normalized spacial score (nSPS) is 11.5. The van der Waals surface area contributed by atoms with Crippen LogP contribution in [0.25, 0.3) is 0 Å². The average molecular weight is 518 g/mol. The van der Waals surface area contributed by atoms with E-state index in [1.807, 2.05) is 18.2 Å². The summed E-state index contributed by atoms with van der Waals surface area (Å²) in [6, 6.07) is 12.0. The Morgan fingerprint density at radius 1 is 0.972 bits per heavy atom. The fourth-order valence-electron chi connectivity index (χ4n) is 3.63. The second kappa shape index (κ2) is 14.5. The van der Waals surface area contributed by atoms with Gasteiger partial charge in [-0.2, -0.15) is 8.42 Å². The van der Waals surface area contributed by atoms with E-state index in [2.05, 4.69) is 23.1 Å². The number of hydrogen-bond donors (Lipinski definition) is 0. The van der Waals surface area contributed by atoms with Crippen molar-refractivity contribution in [3.63, 3.8) is 0 Å². The number of para-hydroxylation sites is 1. The molecule has 0 fully saturated rings. The van der Waals surface area contributed by atoms with Crippen molar-refractivity contribution in [2.75, 3.05) is 39.2 Å². The van der Waals surface area contributed by atoms with E-state index in [4.69, 9.17) is 9.47 Å². The Morgan fingerprint density at radius 3 is 2.11 bits per heavy atom. The first-order valence-corrected chi connectivity index (χ1v) is 13.9. The first-order chi connectivity index (χ1) is 17.2. The first kappa shape index (κ1) is 29.2. The number of esters is 1. The second-order valence-electron chi connectivity index (χ2n) is 8.79. The predicted octanol–water partition coefficient (Wildman–Crippen LogP) is 5.73. The number of methoxy groups -OCH3 is 1. The van der Waals surface area contributed by atoms with E-state index in [9.17, 15) is 13.2 Å². The average Bonchev–Trinajstić information content (AvgIpc) is 2.87. The van der Waals surface area contributed by atoms with Gasteiger partial charge in [-0.3, -0.25) is 0 Å². The van der Waals surface area contributed by atoms with Gasteiger partial charge >= 0.3 is 5.97 Å². The molecule has 0 bridgehead atoms. The van der Waals surface area contributed by atoms with Gasteiger partial charge in [-0.1, -0.05) is 57.7 Å². The van der Waals surface area contributed by atoms with Gasteiger partial charge in [-0.25, -0.2) is 4.79 Å². The Kier molecular flexibility index (Phi) is 11.7. The van der Waals surface area contributed by atoms with Crippen LogP contribution in [0.5, 0.6) is 11.5 Å². The molecule has 0 aliphatic rings. The maximum absolute atomic E-state index is 13.4. The Labute approximate surface area is 216 Å². The number of unbranched alkanes of at least 4 members (excludes halogenated alkanes) is 4. The lowest BCUT2D eigenvalue weighted by molar-refractivity contribution is 0.0600. The molecule has 2 rings (SSSR count). The fraction of sp³-hybridized carbons (Fsp3) is 0.481. The van der Waals surface area contributed by atoms with Crippen molar-refractivity contribution in [3.05, 3.63) is 48.0 Å². The fourth-order valence-corrected chi connectivity index (χ4v) is 4.71. The van der Waals surface area contributed by atoms with Gasteiger partial charge in [0.15, 0.2) is 5.75 Å². The van der Waals surface area contributed by atoms with Gasteiger partial charge in [0.25, 0.3) is 10.0 Å². The lowest BCUT2D eigenvalue weighted by atomic mass is 10.1. The number of ether oxygens (including phenoxy) is 2. The maximum atomic E-state index is 13.4. The largest absolute Gasteiger partial charge is 0.465 e. The Hall–Kier alpha value is -3.07. The number of nitrogens with zero attached hydrogens (tertiary/aromatic N) is 3. The van der Waals surface area contributed by atoms with Crippen molar-refractivity contribution in [2.45, 2.75) is 57.3 Å². The van der Waals surface area contributed by atoms with E-state index in [1.165, 1.54) is 24.4 Å². The third kappa shape index (κ3) is 8.55. The Bertz CT molecular complexity index is 1090. The van der Waals surface area contributed by atoms with Crippen molar-refractivity contribution in [1.29, 1.82) is 0 Å². The van der Waals surface area contributed by atoms with E-state index in [1.54, 1.807) is 32.3 Å². The zero-order valence-corrected chi connectivity index (χ0v) is 22.9. The zero-order chi connectivity index (χ0) is 26.6. The molecule has 0 heterocycles. The van der Waals surface area contributed by atoms with Crippen LogP contribution in [0.3, 0.4) is 0 Å². The Balaban J connectivity index is 2.79. The molecule has 0 saturated heterocycles. The molecule has 36 heavy (non-hydrogen) atoms. The lowest BCUT2D eigenvalue weighted by Gasteiger charge is -2.28. The third-order valence-electron chi connectivity index (χ3n) is 5.52. The molecule has 8 nitrogen and oxygen atoms in total. The van der Waals surface area contributed by atoms with Crippen LogP contribution in [0.15, 0.2) is 51.8 Å². The van der Waals surface area contributed by atoms with Crippen LogP contribution in [-0.4, -0.2) is 59.9 Å². The van der Waals surface area contributed by atoms with Gasteiger partial charge in [0, 0.05) is 27.2 Å². The summed E-state index contributed by atoms with van der Waals surface area (Å²) < 4.78 is 41.9. The molecule has 2 aromatic carbocycles. The van der Waals surface area contributed by atoms with E-state index < -0.39 is 16.0 Å². The molecule has 0 aliphatic heterocycles. The summed E-state index contributed by atoms with van der Waals surface area (Å²) in [4.78, 5) is 16.1. The van der Waals surface area contributed by atoms with Crippen LogP contribution in [0.1, 0.15) is 62.7 Å². The summed E-state index contributed by atoms with van der Waals surface area (Å²) in [5.74, 6) is 0.00930. The van der Waals surface area contributed by atoms with E-state index in [0.29, 0.717) is 24.5 Å². The zero-order valence-electron chi connectivity index (χ0n) is 22.1. The number of carbonyl (C=O) groups excluding carboxylic acids is 1. The molecule has 0 radical (unpaired) electrons. The molecular weight excluding hydrogens is 478 g/mol. The predicted molar refractivity (Wildman–Crippen MR) is 145 cm³/mol. The summed E-state index contributed by atoms with van der Waals surface area (Å²) in [5, 5.41) is 0. The number of carbonyl (C=O) groups is 1. The summed E-state index contributed by atoms with van der Waals surface area (Å²) in [5.41, 5.74) is 0.662. The van der Waals surface area contributed by atoms with Crippen molar-refractivity contribution in [3.8, 4) is 11.5 Å². The van der Waals surface area contributed by atoms with E-state index >= 15 is 0 Å². The second-order valence-corrected chi connectivity index (χ2v) is 10.4. The highest BCUT2D eigenvalue weighted by Gasteiger charge is 2.28. The van der Waals surface area contributed by atoms with Crippen molar-refractivity contribution >= 4 is 28.0 Å². The molecule has 0 N–H and O–H groups in total. The highest BCUT2D eigenvalue weighted by molar-refractivity contribution is 7.90. The summed E-state index contributed by atoms with van der Waals surface area (Å²) in [6.07, 6.45) is 7.25. The highest BCUT2D eigenvalue weighted by atomic mass is 32.2. The highest BCUT2D eigenvalue weighted by Crippen LogP contribution is 2.41. The smallest absolute Gasteiger partial charge is 0.337 e. The van der Waals surface area contributed by atoms with Crippen LogP contribution in [-0.2, 0) is 14.8 Å². The topological polar surface area (TPSA) is 88.5 Å². The maximum Gasteiger partial charge on any atom is 0.337 e. The first-order valence-electron chi connectivity index (χ1n) is 12.4. The minimum atomic E-state index is -4.21. The van der Waals surface area contributed by atoms with Crippen LogP contribution in [0, 0.1) is 0 Å². The van der Waals surface area contributed by atoms with Gasteiger partial charge in [0.05, 0.1) is 18.4 Å². The minimum absolute atomic E-state index is 0.127. The van der Waals surface area contributed by atoms with Crippen LogP contribution in [0.4, 0.5) is 5.69 Å². The third-order valence-corrected chi connectivity index (χ3v) is 6.75. The van der Waals surface area contributed by atoms with Gasteiger partial charge in [0.1, 0.15) is 17.0 Å². The quantitative estimate of drug-likeness (QED) is 0.129. The molecule has 0 aromatic heterocycles. The molecule has 0 atom stereocenters. The van der Waals surface area contributed by atoms with Crippen LogP contribution >= 0.6 is 0 Å². The van der Waals surface area contributed by atoms with Gasteiger partial charge in [-0.15, -0.1) is 4.40 Å². The van der Waals surface area contributed by atoms with Crippen LogP contribution < -0.4 is 9.64 Å². The molecule has 0 amide bonds. The number of hydrogen-bond acceptors (Lipinski definition) is 6. The van der Waals surface area contributed by atoms with Crippen LogP contribution in [0.2, 0.25) is 0 Å². The Morgan fingerprint density at radius 2 is 1.58 bits per heavy atom. The number of anilines is 1. The monoisotopic (exact) mass is 517 g/mol. The molecule has 9 heteroatoms. The van der Waals surface area contributed by atoms with Crippen molar-refractivity contribution in [2.24, 2.45) is 4.40 Å². The standard InChI is InChI=1S/C27H39N3O5S/c1-6-8-13-17-30(18-14-9-7-2)24-19-22(27(31)34-5)20-25(36(32,33)28-21-29(3)4)26(24)35-23-15-11-10-12-16-23/h10-12,15-16,19-21H,6-9,13-14,17-18H2,1-5H3/b28-21-. The minimum Gasteiger partial charge on any atom is -0.465 e. The summed E-state index contributed by atoms with van der Waals surface area (Å²) in [6.45, 7) is 5.68. The van der Waals surface area contributed by atoms with Gasteiger partial charge in [0.2, 0.25) is 0 Å². The molecular formula is C27H39N3O5S. The van der Waals surface area contributed by atoms with Gasteiger partial charge in [-0.05, 0) is 37.1 Å². The molecule has 0 aliphatic carbocycles. The van der Waals surface area contributed by atoms with E-state index in [-0.39, 0.29) is 16.2 Å². The van der Waals surface area contributed by atoms with Crippen molar-refractivity contribution in [1.82, 2.24) is 4.90 Å². The molecule has 0 spiro atoms. The lowest BCUT2D eigenvalue weighted by Crippen LogP contribution is -2.27. The number of rotatable bonds is 15. The summed E-state index contributed by atoms with van der Waals surface area (Å²) >= 11 is 0. The van der Waals surface area contributed by atoms with E-state index in [0.717, 1.165) is 38.5 Å². The molecule has 198 valence electrons. The molecule has 0 saturated carbocycles. The SMILES string of the molecule is CCCCCN(CCCCC)c1cc(C(=O)OC)cc(S(=O)(=O)/N=C\N(C)C)c1Oc1ccccc1. The molecule has 0 unspecified atom stereocenters. The van der Waals surface area contributed by atoms with Crippen molar-refractivity contribution < 1.29 is 22.7 Å². The number of benzene rings is 2.